The van der Waals surface area contributed by atoms with Crippen molar-refractivity contribution in [3.8, 4) is 0 Å². The number of hydrogen-bond acceptors (Lipinski definition) is 5. The Balaban J connectivity index is 0.00000225. The molecule has 0 spiro atoms. The highest BCUT2D eigenvalue weighted by Gasteiger charge is 2.39. The summed E-state index contributed by atoms with van der Waals surface area (Å²) in [5.74, 6) is 0.915. The van der Waals surface area contributed by atoms with Crippen LogP contribution in [0.5, 0.6) is 0 Å². The SMILES string of the molecule is Cc1ccc(C(=O)NC(c2nc(C3(N)CCC3)no2)C(C)C)cc1.Cl. The molecular formula is C18H25ClN4O2. The fourth-order valence-electron chi connectivity index (χ4n) is 2.79. The second-order valence-electron chi connectivity index (χ2n) is 7.03. The fraction of sp³-hybridized carbons (Fsp3) is 0.500. The first kappa shape index (κ1) is 19.4. The van der Waals surface area contributed by atoms with E-state index < -0.39 is 5.54 Å². The average Bonchev–Trinajstić information content (AvgIpc) is 3.00. The van der Waals surface area contributed by atoms with E-state index in [4.69, 9.17) is 10.3 Å². The summed E-state index contributed by atoms with van der Waals surface area (Å²) < 4.78 is 5.41. The minimum Gasteiger partial charge on any atom is -0.340 e. The van der Waals surface area contributed by atoms with Gasteiger partial charge in [0.2, 0.25) is 5.89 Å². The van der Waals surface area contributed by atoms with Gasteiger partial charge in [0.05, 0.1) is 5.54 Å². The van der Waals surface area contributed by atoms with Crippen LogP contribution >= 0.6 is 12.4 Å². The molecule has 136 valence electrons. The highest BCUT2D eigenvalue weighted by atomic mass is 35.5. The molecule has 0 radical (unpaired) electrons. The molecule has 1 saturated carbocycles. The highest BCUT2D eigenvalue weighted by Crippen LogP contribution is 2.37. The molecule has 3 N–H and O–H groups in total. The minimum atomic E-state index is -0.468. The van der Waals surface area contributed by atoms with Crippen LogP contribution in [-0.4, -0.2) is 16.0 Å². The molecule has 0 saturated heterocycles. The van der Waals surface area contributed by atoms with Crippen molar-refractivity contribution in [1.29, 1.82) is 0 Å². The molecule has 1 aliphatic carbocycles. The van der Waals surface area contributed by atoms with Crippen molar-refractivity contribution < 1.29 is 9.32 Å². The summed E-state index contributed by atoms with van der Waals surface area (Å²) in [4.78, 5) is 17.0. The van der Waals surface area contributed by atoms with E-state index in [2.05, 4.69) is 15.5 Å². The smallest absolute Gasteiger partial charge is 0.251 e. The van der Waals surface area contributed by atoms with Crippen molar-refractivity contribution in [3.05, 3.63) is 47.1 Å². The standard InChI is InChI=1S/C18H24N4O2.ClH/c1-11(2)14(20-15(23)13-7-5-12(3)6-8-13)16-21-17(22-24-16)18(19)9-4-10-18;/h5-8,11,14H,4,9-10,19H2,1-3H3,(H,20,23);1H. The lowest BCUT2D eigenvalue weighted by Gasteiger charge is -2.34. The van der Waals surface area contributed by atoms with Gasteiger partial charge in [-0.15, -0.1) is 12.4 Å². The van der Waals surface area contributed by atoms with Gasteiger partial charge in [-0.05, 0) is 44.2 Å². The number of carbonyl (C=O) groups excluding carboxylic acids is 1. The molecule has 1 fully saturated rings. The van der Waals surface area contributed by atoms with Crippen molar-refractivity contribution in [1.82, 2.24) is 15.5 Å². The lowest BCUT2D eigenvalue weighted by Crippen LogP contribution is -2.44. The van der Waals surface area contributed by atoms with Crippen LogP contribution in [0.1, 0.15) is 66.8 Å². The fourth-order valence-corrected chi connectivity index (χ4v) is 2.79. The van der Waals surface area contributed by atoms with Gasteiger partial charge in [-0.3, -0.25) is 4.79 Å². The maximum absolute atomic E-state index is 12.5. The van der Waals surface area contributed by atoms with Crippen molar-refractivity contribution in [2.75, 3.05) is 0 Å². The van der Waals surface area contributed by atoms with Crippen LogP contribution in [0.25, 0.3) is 0 Å². The number of aromatic nitrogens is 2. The van der Waals surface area contributed by atoms with Crippen LogP contribution in [0.15, 0.2) is 28.8 Å². The molecule has 6 nitrogen and oxygen atoms in total. The van der Waals surface area contributed by atoms with E-state index in [1.54, 1.807) is 0 Å². The quantitative estimate of drug-likeness (QED) is 0.849. The monoisotopic (exact) mass is 364 g/mol. The zero-order chi connectivity index (χ0) is 17.3. The van der Waals surface area contributed by atoms with Gasteiger partial charge in [-0.2, -0.15) is 4.98 Å². The number of halogens is 1. The molecule has 1 amide bonds. The summed E-state index contributed by atoms with van der Waals surface area (Å²) in [6, 6.07) is 7.11. The zero-order valence-corrected chi connectivity index (χ0v) is 15.6. The first-order chi connectivity index (χ1) is 11.4. The summed E-state index contributed by atoms with van der Waals surface area (Å²) in [5.41, 5.74) is 7.50. The first-order valence-electron chi connectivity index (χ1n) is 8.39. The summed E-state index contributed by atoms with van der Waals surface area (Å²) in [6.07, 6.45) is 2.82. The van der Waals surface area contributed by atoms with Crippen LogP contribution in [0, 0.1) is 12.8 Å². The molecular weight excluding hydrogens is 340 g/mol. The van der Waals surface area contributed by atoms with Crippen molar-refractivity contribution >= 4 is 18.3 Å². The molecule has 1 aromatic heterocycles. The molecule has 0 bridgehead atoms. The number of rotatable bonds is 5. The van der Waals surface area contributed by atoms with Crippen LogP contribution in [0.3, 0.4) is 0 Å². The maximum atomic E-state index is 12.5. The number of benzene rings is 1. The summed E-state index contributed by atoms with van der Waals surface area (Å²) >= 11 is 0. The number of nitrogens with one attached hydrogen (secondary N) is 1. The summed E-state index contributed by atoms with van der Waals surface area (Å²) in [5, 5.41) is 7.04. The zero-order valence-electron chi connectivity index (χ0n) is 14.8. The number of nitrogens with two attached hydrogens (primary N) is 1. The van der Waals surface area contributed by atoms with Gasteiger partial charge in [-0.25, -0.2) is 0 Å². The Morgan fingerprint density at radius 3 is 2.44 bits per heavy atom. The second kappa shape index (κ2) is 7.54. The first-order valence-corrected chi connectivity index (χ1v) is 8.39. The van der Waals surface area contributed by atoms with Crippen molar-refractivity contribution in [2.45, 2.75) is 51.6 Å². The summed E-state index contributed by atoms with van der Waals surface area (Å²) in [6.45, 7) is 6.00. The van der Waals surface area contributed by atoms with Crippen LogP contribution in [-0.2, 0) is 5.54 Å². The van der Waals surface area contributed by atoms with Gasteiger partial charge in [0.1, 0.15) is 6.04 Å². The number of hydrogen-bond donors (Lipinski definition) is 2. The third kappa shape index (κ3) is 4.02. The van der Waals surface area contributed by atoms with Gasteiger partial charge >= 0.3 is 0 Å². The topological polar surface area (TPSA) is 94.0 Å². The van der Waals surface area contributed by atoms with E-state index >= 15 is 0 Å². The molecule has 1 atom stereocenters. The van der Waals surface area contributed by atoms with Gasteiger partial charge in [0, 0.05) is 5.56 Å². The Labute approximate surface area is 154 Å². The summed E-state index contributed by atoms with van der Waals surface area (Å²) in [7, 11) is 0. The minimum absolute atomic E-state index is 0. The normalized spacial score (nSPS) is 16.7. The number of aryl methyl sites for hydroxylation is 1. The Hall–Kier alpha value is -1.92. The van der Waals surface area contributed by atoms with Crippen molar-refractivity contribution in [3.63, 3.8) is 0 Å². The lowest BCUT2D eigenvalue weighted by molar-refractivity contribution is 0.0914. The third-order valence-corrected chi connectivity index (χ3v) is 4.67. The molecule has 1 unspecified atom stereocenters. The van der Waals surface area contributed by atoms with Gasteiger partial charge in [0.25, 0.3) is 5.91 Å². The third-order valence-electron chi connectivity index (χ3n) is 4.67. The predicted molar refractivity (Wildman–Crippen MR) is 97.5 cm³/mol. The molecule has 0 aliphatic heterocycles. The van der Waals surface area contributed by atoms with E-state index in [0.29, 0.717) is 17.3 Å². The molecule has 1 heterocycles. The van der Waals surface area contributed by atoms with Crippen LogP contribution < -0.4 is 11.1 Å². The predicted octanol–water partition coefficient (Wildman–Crippen LogP) is 3.26. The van der Waals surface area contributed by atoms with Gasteiger partial charge in [0.15, 0.2) is 5.82 Å². The highest BCUT2D eigenvalue weighted by molar-refractivity contribution is 5.94. The Morgan fingerprint density at radius 2 is 1.92 bits per heavy atom. The molecule has 1 aromatic carbocycles. The van der Waals surface area contributed by atoms with Gasteiger partial charge < -0.3 is 15.6 Å². The largest absolute Gasteiger partial charge is 0.340 e. The van der Waals surface area contributed by atoms with Crippen molar-refractivity contribution in [2.24, 2.45) is 11.7 Å². The Morgan fingerprint density at radius 1 is 1.28 bits per heavy atom. The number of carbonyl (C=O) groups is 1. The van der Waals surface area contributed by atoms with E-state index in [9.17, 15) is 4.79 Å². The average molecular weight is 365 g/mol. The van der Waals surface area contributed by atoms with E-state index in [0.717, 1.165) is 24.8 Å². The Bertz CT molecular complexity index is 723. The number of nitrogens with zero attached hydrogens (tertiary/aromatic N) is 2. The molecule has 25 heavy (non-hydrogen) atoms. The molecule has 3 rings (SSSR count). The lowest BCUT2D eigenvalue weighted by atomic mass is 9.77. The second-order valence-corrected chi connectivity index (χ2v) is 7.03. The van der Waals surface area contributed by atoms with E-state index in [1.165, 1.54) is 0 Å². The molecule has 7 heteroatoms. The molecule has 1 aliphatic rings. The van der Waals surface area contributed by atoms with Gasteiger partial charge in [-0.1, -0.05) is 36.7 Å². The molecule has 2 aromatic rings. The van der Waals surface area contributed by atoms with Crippen LogP contribution in [0.4, 0.5) is 0 Å². The maximum Gasteiger partial charge on any atom is 0.251 e. The van der Waals surface area contributed by atoms with Crippen LogP contribution in [0.2, 0.25) is 0 Å². The number of amides is 1. The van der Waals surface area contributed by atoms with E-state index in [1.807, 2.05) is 45.0 Å². The Kier molecular flexibility index (Phi) is 5.85. The van der Waals surface area contributed by atoms with E-state index in [-0.39, 0.29) is 30.3 Å².